The summed E-state index contributed by atoms with van der Waals surface area (Å²) in [6, 6.07) is 17.1. The Hall–Kier alpha value is -2.17. The van der Waals surface area contributed by atoms with Gasteiger partial charge in [0.05, 0.1) is 6.10 Å². The number of aliphatic hydroxyl groups excluding tert-OH is 1. The first-order valence-corrected chi connectivity index (χ1v) is 10.5. The minimum Gasteiger partial charge on any atom is -0.392 e. The smallest absolute Gasteiger partial charge is 0.220 e. The number of carbonyl (C=O) groups excluding carboxylic acids is 1. The maximum atomic E-state index is 12.8. The van der Waals surface area contributed by atoms with Crippen LogP contribution < -0.4 is 5.32 Å². The molecule has 2 N–H and O–H groups in total. The van der Waals surface area contributed by atoms with Crippen LogP contribution in [0, 0.1) is 0 Å². The molecule has 1 amide bonds. The number of amides is 1. The molecule has 1 aliphatic carbocycles. The van der Waals surface area contributed by atoms with Crippen molar-refractivity contribution in [2.24, 2.45) is 0 Å². The number of piperidine rings is 1. The Balaban J connectivity index is 1.42. The molecule has 2 aromatic rings. The summed E-state index contributed by atoms with van der Waals surface area (Å²) in [6.45, 7) is 3.18. The summed E-state index contributed by atoms with van der Waals surface area (Å²) in [6.07, 6.45) is 4.25. The molecule has 0 aromatic heterocycles. The van der Waals surface area contributed by atoms with Crippen molar-refractivity contribution in [1.82, 2.24) is 10.2 Å². The monoisotopic (exact) mass is 378 g/mol. The van der Waals surface area contributed by atoms with E-state index in [4.69, 9.17) is 0 Å². The number of rotatable bonds is 5. The maximum absolute atomic E-state index is 12.8. The van der Waals surface area contributed by atoms with E-state index in [2.05, 4.69) is 58.7 Å². The van der Waals surface area contributed by atoms with Gasteiger partial charge in [-0.05, 0) is 54.5 Å². The molecule has 2 aliphatic rings. The second-order valence-electron chi connectivity index (χ2n) is 8.10. The van der Waals surface area contributed by atoms with Gasteiger partial charge in [-0.25, -0.2) is 0 Å². The molecule has 28 heavy (non-hydrogen) atoms. The summed E-state index contributed by atoms with van der Waals surface area (Å²) in [5.41, 5.74) is 5.31. The molecule has 1 aliphatic heterocycles. The number of carbonyl (C=O) groups is 1. The molecule has 4 rings (SSSR count). The Morgan fingerprint density at radius 2 is 1.68 bits per heavy atom. The third-order valence-electron chi connectivity index (χ3n) is 6.15. The largest absolute Gasteiger partial charge is 0.392 e. The molecule has 2 aromatic carbocycles. The second-order valence-corrected chi connectivity index (χ2v) is 8.10. The van der Waals surface area contributed by atoms with Crippen LogP contribution in [0.2, 0.25) is 0 Å². The van der Waals surface area contributed by atoms with Crippen molar-refractivity contribution >= 4 is 5.91 Å². The quantitative estimate of drug-likeness (QED) is 0.841. The standard InChI is InChI=1S/C24H30N2O2/c27-20-8-5-14-26(17-20)15-13-25-24(28)16-23-21-9-3-1-6-18(21)11-12-19-7-2-4-10-22(19)23/h1-4,6-7,9-10,20,23,27H,5,8,11-17H2,(H,25,28). The van der Waals surface area contributed by atoms with E-state index >= 15 is 0 Å². The molecule has 1 heterocycles. The van der Waals surface area contributed by atoms with Gasteiger partial charge in [0.2, 0.25) is 5.91 Å². The van der Waals surface area contributed by atoms with Gasteiger partial charge in [0.15, 0.2) is 0 Å². The summed E-state index contributed by atoms with van der Waals surface area (Å²) in [4.78, 5) is 15.0. The average Bonchev–Trinajstić information content (AvgIpc) is 2.86. The lowest BCUT2D eigenvalue weighted by Gasteiger charge is -2.30. The van der Waals surface area contributed by atoms with Crippen LogP contribution in [-0.2, 0) is 17.6 Å². The van der Waals surface area contributed by atoms with Crippen molar-refractivity contribution in [3.05, 3.63) is 70.8 Å². The van der Waals surface area contributed by atoms with E-state index in [-0.39, 0.29) is 17.9 Å². The van der Waals surface area contributed by atoms with Crippen LogP contribution >= 0.6 is 0 Å². The molecule has 148 valence electrons. The molecule has 1 atom stereocenters. The zero-order chi connectivity index (χ0) is 19.3. The first-order valence-electron chi connectivity index (χ1n) is 10.5. The SMILES string of the molecule is O=C(CC1c2ccccc2CCc2ccccc21)NCCN1CCCC(O)C1. The molecule has 0 spiro atoms. The Morgan fingerprint density at radius 1 is 1.04 bits per heavy atom. The zero-order valence-electron chi connectivity index (χ0n) is 16.4. The van der Waals surface area contributed by atoms with Gasteiger partial charge >= 0.3 is 0 Å². The van der Waals surface area contributed by atoms with Gasteiger partial charge in [-0.15, -0.1) is 0 Å². The predicted octanol–water partition coefficient (Wildman–Crippen LogP) is 2.88. The number of likely N-dealkylation sites (tertiary alicyclic amines) is 1. The van der Waals surface area contributed by atoms with Crippen molar-refractivity contribution in [3.63, 3.8) is 0 Å². The third-order valence-corrected chi connectivity index (χ3v) is 6.15. The van der Waals surface area contributed by atoms with Gasteiger partial charge < -0.3 is 10.4 Å². The fourth-order valence-corrected chi connectivity index (χ4v) is 4.71. The first kappa shape index (κ1) is 19.2. The van der Waals surface area contributed by atoms with Crippen molar-refractivity contribution in [3.8, 4) is 0 Å². The minimum absolute atomic E-state index is 0.106. The summed E-state index contributed by atoms with van der Waals surface area (Å²) < 4.78 is 0. The van der Waals surface area contributed by atoms with Gasteiger partial charge in [-0.3, -0.25) is 9.69 Å². The molecule has 0 radical (unpaired) electrons. The minimum atomic E-state index is -0.219. The normalized spacial score (nSPS) is 20.1. The summed E-state index contributed by atoms with van der Waals surface area (Å²) in [5, 5.41) is 12.9. The number of benzene rings is 2. The third kappa shape index (κ3) is 4.45. The number of aliphatic hydroxyl groups is 1. The number of hydrogen-bond acceptors (Lipinski definition) is 3. The molecule has 0 saturated carbocycles. The van der Waals surface area contributed by atoms with E-state index in [9.17, 15) is 9.90 Å². The second kappa shape index (κ2) is 8.89. The van der Waals surface area contributed by atoms with Gasteiger partial charge in [0.25, 0.3) is 0 Å². The molecule has 1 unspecified atom stereocenters. The fourth-order valence-electron chi connectivity index (χ4n) is 4.71. The first-order chi connectivity index (χ1) is 13.7. The maximum Gasteiger partial charge on any atom is 0.220 e. The van der Waals surface area contributed by atoms with Crippen molar-refractivity contribution in [1.29, 1.82) is 0 Å². The van der Waals surface area contributed by atoms with Crippen molar-refractivity contribution in [2.45, 2.75) is 44.1 Å². The lowest BCUT2D eigenvalue weighted by molar-refractivity contribution is -0.121. The van der Waals surface area contributed by atoms with E-state index in [0.717, 1.165) is 45.3 Å². The molecule has 4 heteroatoms. The number of fused-ring (bicyclic) bond motifs is 2. The molecule has 4 nitrogen and oxygen atoms in total. The summed E-state index contributed by atoms with van der Waals surface area (Å²) in [5.74, 6) is 0.223. The van der Waals surface area contributed by atoms with Crippen LogP contribution in [0.1, 0.15) is 47.4 Å². The van der Waals surface area contributed by atoms with E-state index in [1.54, 1.807) is 0 Å². The number of nitrogens with zero attached hydrogens (tertiary/aromatic N) is 1. The molecular weight excluding hydrogens is 348 g/mol. The Labute approximate surface area is 167 Å². The van der Waals surface area contributed by atoms with E-state index < -0.39 is 0 Å². The predicted molar refractivity (Wildman–Crippen MR) is 111 cm³/mol. The van der Waals surface area contributed by atoms with Crippen LogP contribution in [0.25, 0.3) is 0 Å². The number of β-amino-alcohol motifs (C(OH)–C–C–N with tert-alkyl or cyclic N) is 1. The highest BCUT2D eigenvalue weighted by molar-refractivity contribution is 5.78. The molecular formula is C24H30N2O2. The van der Waals surface area contributed by atoms with E-state index in [1.807, 2.05) is 0 Å². The van der Waals surface area contributed by atoms with Crippen LogP contribution in [0.5, 0.6) is 0 Å². The topological polar surface area (TPSA) is 52.6 Å². The highest BCUT2D eigenvalue weighted by Crippen LogP contribution is 2.36. The fraction of sp³-hybridized carbons (Fsp3) is 0.458. The Morgan fingerprint density at radius 3 is 2.32 bits per heavy atom. The number of aryl methyl sites for hydroxylation is 2. The Bertz CT molecular complexity index is 772. The summed E-state index contributed by atoms with van der Waals surface area (Å²) >= 11 is 0. The van der Waals surface area contributed by atoms with Crippen LogP contribution in [0.3, 0.4) is 0 Å². The highest BCUT2D eigenvalue weighted by Gasteiger charge is 2.25. The highest BCUT2D eigenvalue weighted by atomic mass is 16.3. The van der Waals surface area contributed by atoms with Crippen LogP contribution in [0.4, 0.5) is 0 Å². The van der Waals surface area contributed by atoms with Gasteiger partial charge in [-0.2, -0.15) is 0 Å². The van der Waals surface area contributed by atoms with Crippen molar-refractivity contribution in [2.75, 3.05) is 26.2 Å². The van der Waals surface area contributed by atoms with Crippen molar-refractivity contribution < 1.29 is 9.90 Å². The lowest BCUT2D eigenvalue weighted by atomic mass is 9.85. The van der Waals surface area contributed by atoms with Gasteiger partial charge in [-0.1, -0.05) is 48.5 Å². The van der Waals surface area contributed by atoms with Gasteiger partial charge in [0, 0.05) is 32.0 Å². The number of hydrogen-bond donors (Lipinski definition) is 2. The Kier molecular flexibility index (Phi) is 6.08. The molecule has 1 saturated heterocycles. The molecule has 0 bridgehead atoms. The molecule has 1 fully saturated rings. The van der Waals surface area contributed by atoms with E-state index in [1.165, 1.54) is 22.3 Å². The zero-order valence-corrected chi connectivity index (χ0v) is 16.4. The van der Waals surface area contributed by atoms with Crippen LogP contribution in [-0.4, -0.2) is 48.2 Å². The lowest BCUT2D eigenvalue weighted by Crippen LogP contribution is -2.42. The summed E-state index contributed by atoms with van der Waals surface area (Å²) in [7, 11) is 0. The van der Waals surface area contributed by atoms with Crippen LogP contribution in [0.15, 0.2) is 48.5 Å². The van der Waals surface area contributed by atoms with E-state index in [0.29, 0.717) is 13.0 Å². The average molecular weight is 379 g/mol. The number of nitrogens with one attached hydrogen (secondary N) is 1. The van der Waals surface area contributed by atoms with Gasteiger partial charge in [0.1, 0.15) is 0 Å².